The van der Waals surface area contributed by atoms with E-state index in [-0.39, 0.29) is 0 Å². The first-order valence-corrected chi connectivity index (χ1v) is 4.69. The second kappa shape index (κ2) is 3.54. The lowest BCUT2D eigenvalue weighted by molar-refractivity contribution is 1.47. The first-order valence-electron chi connectivity index (χ1n) is 4.69. The van der Waals surface area contributed by atoms with Crippen molar-refractivity contribution in [2.24, 2.45) is 0 Å². The van der Waals surface area contributed by atoms with Crippen molar-refractivity contribution in [3.8, 4) is 11.1 Å². The van der Waals surface area contributed by atoms with Crippen molar-refractivity contribution in [1.82, 2.24) is 0 Å². The second-order valence-corrected chi connectivity index (χ2v) is 3.45. The van der Waals surface area contributed by atoms with Crippen LogP contribution in [-0.2, 0) is 0 Å². The van der Waals surface area contributed by atoms with Crippen LogP contribution < -0.4 is 5.73 Å². The summed E-state index contributed by atoms with van der Waals surface area (Å²) in [5.74, 6) is 0. The third kappa shape index (κ3) is 1.62. The van der Waals surface area contributed by atoms with Crippen LogP contribution in [0.1, 0.15) is 5.56 Å². The normalized spacial score (nSPS) is 10.1. The largest absolute Gasteiger partial charge is 0.398 e. The highest BCUT2D eigenvalue weighted by atomic mass is 14.6. The van der Waals surface area contributed by atoms with Crippen molar-refractivity contribution < 1.29 is 0 Å². The van der Waals surface area contributed by atoms with Crippen molar-refractivity contribution in [1.29, 1.82) is 0 Å². The highest BCUT2D eigenvalue weighted by molar-refractivity contribution is 5.76. The van der Waals surface area contributed by atoms with Crippen LogP contribution in [0.2, 0.25) is 0 Å². The van der Waals surface area contributed by atoms with Gasteiger partial charge in [0.1, 0.15) is 0 Å². The maximum atomic E-state index is 5.89. The van der Waals surface area contributed by atoms with E-state index in [0.29, 0.717) is 0 Å². The number of nitrogen functional groups attached to an aromatic ring is 1. The minimum absolute atomic E-state index is 0.830. The molecule has 0 aromatic heterocycles. The molecule has 0 saturated carbocycles. The Morgan fingerprint density at radius 1 is 0.857 bits per heavy atom. The van der Waals surface area contributed by atoms with E-state index in [1.165, 1.54) is 11.1 Å². The van der Waals surface area contributed by atoms with Gasteiger partial charge in [0.25, 0.3) is 0 Å². The molecule has 0 heterocycles. The summed E-state index contributed by atoms with van der Waals surface area (Å²) in [6, 6.07) is 16.3. The number of para-hydroxylation sites is 1. The molecule has 0 fully saturated rings. The number of nitrogens with two attached hydrogens (primary N) is 1. The van der Waals surface area contributed by atoms with Crippen molar-refractivity contribution in [3.05, 3.63) is 54.1 Å². The Hall–Kier alpha value is -1.76. The van der Waals surface area contributed by atoms with Crippen LogP contribution in [-0.4, -0.2) is 0 Å². The van der Waals surface area contributed by atoms with E-state index in [0.717, 1.165) is 11.3 Å². The number of benzene rings is 2. The molecule has 1 nitrogen and oxygen atoms in total. The molecule has 2 N–H and O–H groups in total. The molecular formula is C13H13N. The summed E-state index contributed by atoms with van der Waals surface area (Å²) in [6.07, 6.45) is 0. The molecule has 0 spiro atoms. The molecule has 1 heteroatoms. The summed E-state index contributed by atoms with van der Waals surface area (Å²) in [7, 11) is 0. The number of rotatable bonds is 1. The number of hydrogen-bond donors (Lipinski definition) is 1. The van der Waals surface area contributed by atoms with E-state index in [1.54, 1.807) is 0 Å². The second-order valence-electron chi connectivity index (χ2n) is 3.45. The summed E-state index contributed by atoms with van der Waals surface area (Å²) in [5, 5.41) is 0. The molecule has 70 valence electrons. The SMILES string of the molecule is Cc1ccc(-c2ccccc2N)cc1. The van der Waals surface area contributed by atoms with Gasteiger partial charge in [0.15, 0.2) is 0 Å². The fourth-order valence-electron chi connectivity index (χ4n) is 1.49. The number of anilines is 1. The van der Waals surface area contributed by atoms with Gasteiger partial charge in [0, 0.05) is 11.3 Å². The van der Waals surface area contributed by atoms with Gasteiger partial charge in [-0.3, -0.25) is 0 Å². The predicted octanol–water partition coefficient (Wildman–Crippen LogP) is 3.24. The van der Waals surface area contributed by atoms with Crippen LogP contribution in [0.3, 0.4) is 0 Å². The monoisotopic (exact) mass is 183 g/mol. The van der Waals surface area contributed by atoms with E-state index >= 15 is 0 Å². The molecule has 0 radical (unpaired) electrons. The Morgan fingerprint density at radius 3 is 2.14 bits per heavy atom. The van der Waals surface area contributed by atoms with E-state index in [2.05, 4.69) is 31.2 Å². The molecule has 2 aromatic rings. The van der Waals surface area contributed by atoms with Crippen LogP contribution in [0.5, 0.6) is 0 Å². The third-order valence-corrected chi connectivity index (χ3v) is 2.32. The van der Waals surface area contributed by atoms with Crippen molar-refractivity contribution >= 4 is 5.69 Å². The maximum absolute atomic E-state index is 5.89. The Bertz CT molecular complexity index is 429. The fraction of sp³-hybridized carbons (Fsp3) is 0.0769. The van der Waals surface area contributed by atoms with E-state index in [9.17, 15) is 0 Å². The highest BCUT2D eigenvalue weighted by Crippen LogP contribution is 2.25. The fourth-order valence-corrected chi connectivity index (χ4v) is 1.49. The van der Waals surface area contributed by atoms with Gasteiger partial charge in [0.05, 0.1) is 0 Å². The van der Waals surface area contributed by atoms with Crippen LogP contribution in [0.25, 0.3) is 11.1 Å². The molecule has 0 aliphatic heterocycles. The van der Waals surface area contributed by atoms with E-state index < -0.39 is 0 Å². The van der Waals surface area contributed by atoms with Gasteiger partial charge in [-0.05, 0) is 18.6 Å². The number of hydrogen-bond acceptors (Lipinski definition) is 1. The third-order valence-electron chi connectivity index (χ3n) is 2.32. The van der Waals surface area contributed by atoms with Gasteiger partial charge in [0.2, 0.25) is 0 Å². The van der Waals surface area contributed by atoms with Crippen molar-refractivity contribution in [3.63, 3.8) is 0 Å². The summed E-state index contributed by atoms with van der Waals surface area (Å²) in [6.45, 7) is 2.08. The smallest absolute Gasteiger partial charge is 0.0393 e. The zero-order valence-electron chi connectivity index (χ0n) is 8.20. The van der Waals surface area contributed by atoms with Crippen LogP contribution in [0.15, 0.2) is 48.5 Å². The molecule has 0 bridgehead atoms. The Balaban J connectivity index is 2.50. The lowest BCUT2D eigenvalue weighted by Gasteiger charge is -2.05. The van der Waals surface area contributed by atoms with Crippen molar-refractivity contribution in [2.75, 3.05) is 5.73 Å². The first-order chi connectivity index (χ1) is 6.77. The first kappa shape index (κ1) is 8.82. The van der Waals surface area contributed by atoms with Gasteiger partial charge in [-0.1, -0.05) is 48.0 Å². The predicted molar refractivity (Wildman–Crippen MR) is 61.0 cm³/mol. The Kier molecular flexibility index (Phi) is 2.23. The lowest BCUT2D eigenvalue weighted by atomic mass is 10.0. The zero-order chi connectivity index (χ0) is 9.97. The van der Waals surface area contributed by atoms with Gasteiger partial charge >= 0.3 is 0 Å². The molecule has 0 amide bonds. The molecule has 0 aliphatic rings. The average Bonchev–Trinajstić information content (AvgIpc) is 2.20. The minimum atomic E-state index is 0.830. The standard InChI is InChI=1S/C13H13N/c1-10-6-8-11(9-7-10)12-4-2-3-5-13(12)14/h2-9H,14H2,1H3. The maximum Gasteiger partial charge on any atom is 0.0393 e. The Morgan fingerprint density at radius 2 is 1.50 bits per heavy atom. The van der Waals surface area contributed by atoms with Crippen molar-refractivity contribution in [2.45, 2.75) is 6.92 Å². The summed E-state index contributed by atoms with van der Waals surface area (Å²) >= 11 is 0. The van der Waals surface area contributed by atoms with E-state index in [4.69, 9.17) is 5.73 Å². The molecular weight excluding hydrogens is 170 g/mol. The van der Waals surface area contributed by atoms with Gasteiger partial charge in [-0.25, -0.2) is 0 Å². The van der Waals surface area contributed by atoms with Crippen LogP contribution in [0.4, 0.5) is 5.69 Å². The molecule has 14 heavy (non-hydrogen) atoms. The minimum Gasteiger partial charge on any atom is -0.398 e. The quantitative estimate of drug-likeness (QED) is 0.675. The van der Waals surface area contributed by atoms with Gasteiger partial charge in [-0.2, -0.15) is 0 Å². The highest BCUT2D eigenvalue weighted by Gasteiger charge is 1.99. The van der Waals surface area contributed by atoms with Gasteiger partial charge in [-0.15, -0.1) is 0 Å². The molecule has 2 rings (SSSR count). The van der Waals surface area contributed by atoms with Crippen LogP contribution in [0, 0.1) is 6.92 Å². The number of aryl methyl sites for hydroxylation is 1. The van der Waals surface area contributed by atoms with Crippen LogP contribution >= 0.6 is 0 Å². The average molecular weight is 183 g/mol. The Labute approximate surface area is 84.2 Å². The molecule has 0 unspecified atom stereocenters. The molecule has 0 aliphatic carbocycles. The summed E-state index contributed by atoms with van der Waals surface area (Å²) in [5.41, 5.74) is 10.3. The lowest BCUT2D eigenvalue weighted by Crippen LogP contribution is -1.88. The van der Waals surface area contributed by atoms with E-state index in [1.807, 2.05) is 24.3 Å². The topological polar surface area (TPSA) is 26.0 Å². The zero-order valence-corrected chi connectivity index (χ0v) is 8.20. The summed E-state index contributed by atoms with van der Waals surface area (Å²) < 4.78 is 0. The van der Waals surface area contributed by atoms with Gasteiger partial charge < -0.3 is 5.73 Å². The molecule has 2 aromatic carbocycles. The summed E-state index contributed by atoms with van der Waals surface area (Å²) in [4.78, 5) is 0. The molecule has 0 atom stereocenters. The molecule has 0 saturated heterocycles.